The molecule has 0 aliphatic rings. The normalized spacial score (nSPS) is 13.3. The smallest absolute Gasteiger partial charge is 0.243 e. The lowest BCUT2D eigenvalue weighted by molar-refractivity contribution is -0.141. The van der Waals surface area contributed by atoms with Crippen molar-refractivity contribution in [1.82, 2.24) is 10.2 Å². The standard InChI is InChI=1S/C28H38Cl2N2O2/c1-7-19(3)31-27(34)25(8-2)32(18-22-23(29)10-9-11-24(22)30)26(33)17-14-20-12-15-21(16-13-20)28(4,5)6/h9-13,15-16,19,25H,7-8,14,17-18H2,1-6H3,(H,31,34)/t19-,25+/m0/s1. The van der Waals surface area contributed by atoms with Gasteiger partial charge in [-0.3, -0.25) is 9.59 Å². The first-order chi connectivity index (χ1) is 16.0. The molecule has 1 N–H and O–H groups in total. The lowest BCUT2D eigenvalue weighted by atomic mass is 9.86. The van der Waals surface area contributed by atoms with E-state index in [-0.39, 0.29) is 29.8 Å². The van der Waals surface area contributed by atoms with E-state index in [0.29, 0.717) is 34.9 Å². The molecule has 0 aliphatic heterocycles. The van der Waals surface area contributed by atoms with Crippen molar-refractivity contribution in [2.45, 2.75) is 91.3 Å². The summed E-state index contributed by atoms with van der Waals surface area (Å²) < 4.78 is 0. The fourth-order valence-electron chi connectivity index (χ4n) is 3.78. The Balaban J connectivity index is 2.26. The number of rotatable bonds is 10. The molecule has 6 heteroatoms. The number of aryl methyl sites for hydroxylation is 1. The van der Waals surface area contributed by atoms with E-state index in [4.69, 9.17) is 23.2 Å². The van der Waals surface area contributed by atoms with Gasteiger partial charge in [0.1, 0.15) is 6.04 Å². The van der Waals surface area contributed by atoms with Crippen LogP contribution in [-0.2, 0) is 28.0 Å². The Morgan fingerprint density at radius 2 is 1.56 bits per heavy atom. The van der Waals surface area contributed by atoms with Gasteiger partial charge in [0.15, 0.2) is 0 Å². The van der Waals surface area contributed by atoms with Gasteiger partial charge in [-0.1, -0.05) is 88.2 Å². The van der Waals surface area contributed by atoms with Gasteiger partial charge in [-0.15, -0.1) is 0 Å². The molecule has 0 bridgehead atoms. The van der Waals surface area contributed by atoms with Crippen molar-refractivity contribution in [1.29, 1.82) is 0 Å². The predicted octanol–water partition coefficient (Wildman–Crippen LogP) is 6.95. The first-order valence-electron chi connectivity index (χ1n) is 12.1. The number of benzene rings is 2. The Kier molecular flexibility index (Phi) is 10.5. The van der Waals surface area contributed by atoms with E-state index in [0.717, 1.165) is 12.0 Å². The Morgan fingerprint density at radius 3 is 2.06 bits per heavy atom. The number of nitrogens with one attached hydrogen (secondary N) is 1. The van der Waals surface area contributed by atoms with Crippen molar-refractivity contribution in [2.75, 3.05) is 0 Å². The van der Waals surface area contributed by atoms with Crippen molar-refractivity contribution >= 4 is 35.0 Å². The highest BCUT2D eigenvalue weighted by atomic mass is 35.5. The lowest BCUT2D eigenvalue weighted by Crippen LogP contribution is -2.50. The van der Waals surface area contributed by atoms with Gasteiger partial charge in [0.2, 0.25) is 11.8 Å². The van der Waals surface area contributed by atoms with E-state index in [2.05, 4.69) is 50.4 Å². The minimum Gasteiger partial charge on any atom is -0.352 e. The van der Waals surface area contributed by atoms with Gasteiger partial charge in [-0.2, -0.15) is 0 Å². The summed E-state index contributed by atoms with van der Waals surface area (Å²) in [4.78, 5) is 28.2. The van der Waals surface area contributed by atoms with Crippen molar-refractivity contribution in [3.63, 3.8) is 0 Å². The fraction of sp³-hybridized carbons (Fsp3) is 0.500. The molecule has 2 atom stereocenters. The minimum atomic E-state index is -0.600. The van der Waals surface area contributed by atoms with Gasteiger partial charge >= 0.3 is 0 Å². The van der Waals surface area contributed by atoms with Crippen LogP contribution in [0.2, 0.25) is 10.0 Å². The summed E-state index contributed by atoms with van der Waals surface area (Å²) in [6.07, 6.45) is 2.21. The summed E-state index contributed by atoms with van der Waals surface area (Å²) in [5.41, 5.74) is 3.08. The number of carbonyl (C=O) groups is 2. The maximum atomic E-state index is 13.5. The molecule has 2 aromatic carbocycles. The van der Waals surface area contributed by atoms with Crippen molar-refractivity contribution in [3.8, 4) is 0 Å². The van der Waals surface area contributed by atoms with E-state index >= 15 is 0 Å². The highest BCUT2D eigenvalue weighted by Crippen LogP contribution is 2.28. The molecule has 0 radical (unpaired) electrons. The second-order valence-electron chi connectivity index (χ2n) is 9.91. The number of carbonyl (C=O) groups excluding carboxylic acids is 2. The molecule has 2 amide bonds. The minimum absolute atomic E-state index is 0.0312. The molecule has 0 heterocycles. The molecule has 4 nitrogen and oxygen atoms in total. The van der Waals surface area contributed by atoms with Crippen molar-refractivity contribution in [2.24, 2.45) is 0 Å². The highest BCUT2D eigenvalue weighted by molar-refractivity contribution is 6.36. The largest absolute Gasteiger partial charge is 0.352 e. The Bertz CT molecular complexity index is 947. The first-order valence-corrected chi connectivity index (χ1v) is 12.9. The van der Waals surface area contributed by atoms with Crippen molar-refractivity contribution < 1.29 is 9.59 Å². The van der Waals surface area contributed by atoms with Crippen LogP contribution < -0.4 is 5.32 Å². The first kappa shape index (κ1) is 28.2. The number of hydrogen-bond donors (Lipinski definition) is 1. The van der Waals surface area contributed by atoms with Crippen LogP contribution in [-0.4, -0.2) is 28.8 Å². The van der Waals surface area contributed by atoms with Crippen molar-refractivity contribution in [3.05, 3.63) is 69.2 Å². The monoisotopic (exact) mass is 504 g/mol. The number of nitrogens with zero attached hydrogens (tertiary/aromatic N) is 1. The quantitative estimate of drug-likeness (QED) is 0.380. The van der Waals surface area contributed by atoms with E-state index in [9.17, 15) is 9.59 Å². The van der Waals surface area contributed by atoms with Gasteiger partial charge < -0.3 is 10.2 Å². The second-order valence-corrected chi connectivity index (χ2v) is 10.7. The molecule has 0 aliphatic carbocycles. The molecule has 186 valence electrons. The van der Waals surface area contributed by atoms with Crippen LogP contribution in [0.1, 0.15) is 77.5 Å². The highest BCUT2D eigenvalue weighted by Gasteiger charge is 2.30. The maximum Gasteiger partial charge on any atom is 0.243 e. The number of halogens is 2. The Labute approximate surface area is 215 Å². The molecule has 0 saturated carbocycles. The lowest BCUT2D eigenvalue weighted by Gasteiger charge is -2.32. The molecule has 2 rings (SSSR count). The van der Waals surface area contributed by atoms with E-state index in [1.54, 1.807) is 23.1 Å². The second kappa shape index (κ2) is 12.6. The van der Waals surface area contributed by atoms with Gasteiger partial charge in [0.05, 0.1) is 0 Å². The fourth-order valence-corrected chi connectivity index (χ4v) is 4.30. The van der Waals surface area contributed by atoms with Gasteiger partial charge in [0.25, 0.3) is 0 Å². The summed E-state index contributed by atoms with van der Waals surface area (Å²) in [6.45, 7) is 12.6. The van der Waals surface area contributed by atoms with Crippen LogP contribution in [0.15, 0.2) is 42.5 Å². The SMILES string of the molecule is CC[C@H](C(=O)N[C@@H](C)CC)N(Cc1c(Cl)cccc1Cl)C(=O)CCc1ccc(C(C)(C)C)cc1. The molecule has 0 unspecified atom stereocenters. The van der Waals surface area contributed by atoms with Gasteiger partial charge in [-0.05, 0) is 54.9 Å². The molecule has 0 saturated heterocycles. The average Bonchev–Trinajstić information content (AvgIpc) is 2.78. The molecule has 34 heavy (non-hydrogen) atoms. The molecule has 2 aromatic rings. The van der Waals surface area contributed by atoms with Crippen LogP contribution in [0.4, 0.5) is 0 Å². The van der Waals surface area contributed by atoms with Gasteiger partial charge in [0, 0.05) is 34.6 Å². The summed E-state index contributed by atoms with van der Waals surface area (Å²) >= 11 is 12.8. The van der Waals surface area contributed by atoms with E-state index in [1.165, 1.54) is 5.56 Å². The summed E-state index contributed by atoms with van der Waals surface area (Å²) in [5, 5.41) is 4.00. The van der Waals surface area contributed by atoms with Gasteiger partial charge in [-0.25, -0.2) is 0 Å². The summed E-state index contributed by atoms with van der Waals surface area (Å²) in [7, 11) is 0. The molecule has 0 spiro atoms. The zero-order valence-electron chi connectivity index (χ0n) is 21.3. The molecular weight excluding hydrogens is 467 g/mol. The van der Waals surface area contributed by atoms with Crippen LogP contribution >= 0.6 is 23.2 Å². The van der Waals surface area contributed by atoms with E-state index in [1.807, 2.05) is 20.8 Å². The summed E-state index contributed by atoms with van der Waals surface area (Å²) in [6, 6.07) is 13.1. The van der Waals surface area contributed by atoms with Crippen LogP contribution in [0, 0.1) is 0 Å². The summed E-state index contributed by atoms with van der Waals surface area (Å²) in [5.74, 6) is -0.245. The topological polar surface area (TPSA) is 49.4 Å². The maximum absolute atomic E-state index is 13.5. The predicted molar refractivity (Wildman–Crippen MR) is 142 cm³/mol. The average molecular weight is 506 g/mol. The number of hydrogen-bond acceptors (Lipinski definition) is 2. The Morgan fingerprint density at radius 1 is 0.971 bits per heavy atom. The van der Waals surface area contributed by atoms with Crippen LogP contribution in [0.5, 0.6) is 0 Å². The molecule has 0 fully saturated rings. The Hall–Kier alpha value is -2.04. The molecule has 0 aromatic heterocycles. The van der Waals surface area contributed by atoms with Crippen LogP contribution in [0.25, 0.3) is 0 Å². The third-order valence-electron chi connectivity index (χ3n) is 6.22. The van der Waals surface area contributed by atoms with E-state index < -0.39 is 6.04 Å². The zero-order valence-corrected chi connectivity index (χ0v) is 22.8. The molecular formula is C28H38Cl2N2O2. The zero-order chi connectivity index (χ0) is 25.5. The van der Waals surface area contributed by atoms with Crippen LogP contribution in [0.3, 0.4) is 0 Å². The number of amides is 2. The third-order valence-corrected chi connectivity index (χ3v) is 6.93. The third kappa shape index (κ3) is 7.74.